The SMILES string of the molecule is O=C1NC(=S)N(c2ccc(Cl)c(Cl)c2)C(=O)C1=Cc1cccs1. The third-order valence-corrected chi connectivity index (χ3v) is 4.94. The number of thiocarbonyl (C=S) groups is 1. The van der Waals surface area contributed by atoms with Crippen molar-refractivity contribution in [1.82, 2.24) is 5.32 Å². The van der Waals surface area contributed by atoms with E-state index in [0.717, 1.165) is 4.88 Å². The Kier molecular flexibility index (Phi) is 4.50. The molecule has 1 aromatic carbocycles. The normalized spacial score (nSPS) is 16.9. The highest BCUT2D eigenvalue weighted by molar-refractivity contribution is 7.80. The van der Waals surface area contributed by atoms with Crippen molar-refractivity contribution in [3.8, 4) is 0 Å². The molecule has 0 saturated carbocycles. The van der Waals surface area contributed by atoms with Crippen LogP contribution in [0.3, 0.4) is 0 Å². The lowest BCUT2D eigenvalue weighted by atomic mass is 10.1. The number of anilines is 1. The van der Waals surface area contributed by atoms with Crippen molar-refractivity contribution in [3.05, 3.63) is 56.2 Å². The van der Waals surface area contributed by atoms with Crippen LogP contribution in [0.25, 0.3) is 6.08 Å². The Labute approximate surface area is 151 Å². The number of benzene rings is 1. The van der Waals surface area contributed by atoms with E-state index < -0.39 is 11.8 Å². The van der Waals surface area contributed by atoms with Crippen molar-refractivity contribution >= 4 is 75.4 Å². The average Bonchev–Trinajstić information content (AvgIpc) is 3.00. The van der Waals surface area contributed by atoms with Crippen molar-refractivity contribution in [2.75, 3.05) is 4.90 Å². The highest BCUT2D eigenvalue weighted by Crippen LogP contribution is 2.29. The quantitative estimate of drug-likeness (QED) is 0.486. The van der Waals surface area contributed by atoms with Crippen LogP contribution in [0.5, 0.6) is 0 Å². The summed E-state index contributed by atoms with van der Waals surface area (Å²) in [4.78, 5) is 26.8. The predicted octanol–water partition coefficient (Wildman–Crippen LogP) is 3.89. The van der Waals surface area contributed by atoms with E-state index in [1.807, 2.05) is 17.5 Å². The number of amides is 2. The van der Waals surface area contributed by atoms with Crippen molar-refractivity contribution in [2.45, 2.75) is 0 Å². The molecule has 2 heterocycles. The summed E-state index contributed by atoms with van der Waals surface area (Å²) in [5.74, 6) is -1.03. The molecular weight excluding hydrogens is 375 g/mol. The summed E-state index contributed by atoms with van der Waals surface area (Å²) in [5, 5.41) is 5.03. The fraction of sp³-hybridized carbons (Fsp3) is 0. The van der Waals surface area contributed by atoms with E-state index in [-0.39, 0.29) is 10.7 Å². The van der Waals surface area contributed by atoms with Gasteiger partial charge in [-0.3, -0.25) is 19.8 Å². The van der Waals surface area contributed by atoms with E-state index in [4.69, 9.17) is 35.4 Å². The minimum atomic E-state index is -0.523. The molecule has 8 heteroatoms. The predicted molar refractivity (Wildman–Crippen MR) is 97.0 cm³/mol. The van der Waals surface area contributed by atoms with E-state index in [1.165, 1.54) is 28.4 Å². The van der Waals surface area contributed by atoms with Crippen LogP contribution in [0, 0.1) is 0 Å². The number of carbonyl (C=O) groups excluding carboxylic acids is 2. The minimum Gasteiger partial charge on any atom is -0.298 e. The maximum atomic E-state index is 12.7. The van der Waals surface area contributed by atoms with Gasteiger partial charge < -0.3 is 0 Å². The van der Waals surface area contributed by atoms with Crippen LogP contribution < -0.4 is 10.2 Å². The molecule has 3 rings (SSSR count). The largest absolute Gasteiger partial charge is 0.298 e. The van der Waals surface area contributed by atoms with Crippen LogP contribution in [0.2, 0.25) is 10.0 Å². The fourth-order valence-corrected chi connectivity index (χ4v) is 3.26. The molecule has 4 nitrogen and oxygen atoms in total. The van der Waals surface area contributed by atoms with E-state index >= 15 is 0 Å². The van der Waals surface area contributed by atoms with E-state index in [2.05, 4.69) is 5.32 Å². The monoisotopic (exact) mass is 382 g/mol. The van der Waals surface area contributed by atoms with E-state index in [1.54, 1.807) is 12.1 Å². The van der Waals surface area contributed by atoms with Crippen LogP contribution in [0.4, 0.5) is 5.69 Å². The maximum absolute atomic E-state index is 12.7. The van der Waals surface area contributed by atoms with Gasteiger partial charge in [0.2, 0.25) is 0 Å². The molecular formula is C15H8Cl2N2O2S2. The van der Waals surface area contributed by atoms with Crippen molar-refractivity contribution in [3.63, 3.8) is 0 Å². The van der Waals surface area contributed by atoms with Crippen LogP contribution >= 0.6 is 46.8 Å². The molecule has 0 atom stereocenters. The van der Waals surface area contributed by atoms with E-state index in [0.29, 0.717) is 15.7 Å². The third-order valence-electron chi connectivity index (χ3n) is 3.09. The average molecular weight is 383 g/mol. The summed E-state index contributed by atoms with van der Waals surface area (Å²) in [6.07, 6.45) is 1.54. The molecule has 0 unspecified atom stereocenters. The van der Waals surface area contributed by atoms with Crippen molar-refractivity contribution < 1.29 is 9.59 Å². The Morgan fingerprint density at radius 3 is 2.61 bits per heavy atom. The molecule has 1 N–H and O–H groups in total. The Morgan fingerprint density at radius 2 is 1.96 bits per heavy atom. The lowest BCUT2D eigenvalue weighted by Crippen LogP contribution is -2.54. The highest BCUT2D eigenvalue weighted by Gasteiger charge is 2.34. The zero-order valence-corrected chi connectivity index (χ0v) is 14.5. The summed E-state index contributed by atoms with van der Waals surface area (Å²) in [5.41, 5.74) is 0.443. The number of hydrogen-bond acceptors (Lipinski definition) is 4. The molecule has 23 heavy (non-hydrogen) atoms. The Balaban J connectivity index is 2.03. The van der Waals surface area contributed by atoms with Crippen molar-refractivity contribution in [1.29, 1.82) is 0 Å². The summed E-state index contributed by atoms with van der Waals surface area (Å²) >= 11 is 18.4. The Morgan fingerprint density at radius 1 is 1.17 bits per heavy atom. The highest BCUT2D eigenvalue weighted by atomic mass is 35.5. The molecule has 1 aromatic heterocycles. The van der Waals surface area contributed by atoms with Gasteiger partial charge in [-0.25, -0.2) is 0 Å². The Hall–Kier alpha value is -1.73. The second kappa shape index (κ2) is 6.41. The smallest absolute Gasteiger partial charge is 0.270 e. The lowest BCUT2D eigenvalue weighted by Gasteiger charge is -2.29. The van der Waals surface area contributed by atoms with Gasteiger partial charge >= 0.3 is 0 Å². The van der Waals surface area contributed by atoms with E-state index in [9.17, 15) is 9.59 Å². The number of nitrogens with one attached hydrogen (secondary N) is 1. The first kappa shape index (κ1) is 16.1. The van der Waals surface area contributed by atoms with Crippen LogP contribution in [0.15, 0.2) is 41.3 Å². The van der Waals surface area contributed by atoms with Crippen molar-refractivity contribution in [2.24, 2.45) is 0 Å². The maximum Gasteiger partial charge on any atom is 0.270 e. The van der Waals surface area contributed by atoms with Crippen LogP contribution in [-0.2, 0) is 9.59 Å². The number of hydrogen-bond donors (Lipinski definition) is 1. The summed E-state index contributed by atoms with van der Waals surface area (Å²) in [6, 6.07) is 8.35. The van der Waals surface area contributed by atoms with Gasteiger partial charge in [-0.1, -0.05) is 29.3 Å². The first-order valence-corrected chi connectivity index (χ1v) is 8.42. The Bertz CT molecular complexity index is 847. The van der Waals surface area contributed by atoms with Crippen LogP contribution in [0.1, 0.15) is 4.88 Å². The molecule has 1 aliphatic heterocycles. The van der Waals surface area contributed by atoms with Gasteiger partial charge in [0, 0.05) is 4.88 Å². The number of rotatable bonds is 2. The molecule has 1 saturated heterocycles. The topological polar surface area (TPSA) is 49.4 Å². The van der Waals surface area contributed by atoms with Gasteiger partial charge in [0.05, 0.1) is 15.7 Å². The van der Waals surface area contributed by atoms with Gasteiger partial charge in [0.25, 0.3) is 11.8 Å². The summed E-state index contributed by atoms with van der Waals surface area (Å²) < 4.78 is 0. The number of thiophene rings is 1. The molecule has 0 aliphatic carbocycles. The number of carbonyl (C=O) groups is 2. The first-order valence-electron chi connectivity index (χ1n) is 6.37. The molecule has 1 fully saturated rings. The molecule has 116 valence electrons. The van der Waals surface area contributed by atoms with Gasteiger partial charge in [0.1, 0.15) is 5.57 Å². The molecule has 0 radical (unpaired) electrons. The second-order valence-electron chi connectivity index (χ2n) is 4.57. The number of halogens is 2. The molecule has 0 spiro atoms. The zero-order chi connectivity index (χ0) is 16.6. The van der Waals surface area contributed by atoms with Crippen LogP contribution in [-0.4, -0.2) is 16.9 Å². The van der Waals surface area contributed by atoms with Gasteiger partial charge in [-0.05, 0) is 47.9 Å². The van der Waals surface area contributed by atoms with Gasteiger partial charge in [-0.15, -0.1) is 11.3 Å². The summed E-state index contributed by atoms with van der Waals surface area (Å²) in [6.45, 7) is 0. The minimum absolute atomic E-state index is 0.00159. The molecule has 0 bridgehead atoms. The fourth-order valence-electron chi connectivity index (χ4n) is 2.03. The molecule has 1 aliphatic rings. The second-order valence-corrected chi connectivity index (χ2v) is 6.75. The summed E-state index contributed by atoms with van der Waals surface area (Å²) in [7, 11) is 0. The van der Waals surface area contributed by atoms with Gasteiger partial charge in [0.15, 0.2) is 5.11 Å². The number of nitrogens with zero attached hydrogens (tertiary/aromatic N) is 1. The molecule has 2 aromatic rings. The van der Waals surface area contributed by atoms with Gasteiger partial charge in [-0.2, -0.15) is 0 Å². The first-order chi connectivity index (χ1) is 11.0. The standard InChI is InChI=1S/C15H8Cl2N2O2S2/c16-11-4-3-8(6-12(11)17)19-14(21)10(13(20)18-15(19)22)7-9-2-1-5-23-9/h1-7H,(H,18,20,22). The molecule has 2 amide bonds. The zero-order valence-electron chi connectivity index (χ0n) is 11.4. The third kappa shape index (κ3) is 3.16. The lowest BCUT2D eigenvalue weighted by molar-refractivity contribution is -0.122.